The first-order valence-corrected chi connectivity index (χ1v) is 7.93. The summed E-state index contributed by atoms with van der Waals surface area (Å²) in [6.07, 6.45) is 5.80. The number of nitrogens with two attached hydrogens (primary N) is 3. The lowest BCUT2D eigenvalue weighted by Gasteiger charge is -2.27. The summed E-state index contributed by atoms with van der Waals surface area (Å²) in [7, 11) is 0. The van der Waals surface area contributed by atoms with Gasteiger partial charge in [0.15, 0.2) is 0 Å². The molecule has 1 aliphatic heterocycles. The highest BCUT2D eigenvalue weighted by atomic mass is 16.1. The van der Waals surface area contributed by atoms with Crippen LogP contribution in [0, 0.1) is 0 Å². The van der Waals surface area contributed by atoms with Crippen molar-refractivity contribution >= 4 is 28.6 Å². The van der Waals surface area contributed by atoms with Crippen LogP contribution in [0.3, 0.4) is 0 Å². The molecule has 0 bridgehead atoms. The Labute approximate surface area is 143 Å². The van der Waals surface area contributed by atoms with E-state index in [0.29, 0.717) is 24.3 Å². The van der Waals surface area contributed by atoms with E-state index in [2.05, 4.69) is 19.9 Å². The number of amides is 1. The van der Waals surface area contributed by atoms with Crippen molar-refractivity contribution in [1.82, 2.24) is 19.9 Å². The van der Waals surface area contributed by atoms with Crippen LogP contribution in [0.15, 0.2) is 30.7 Å². The number of pyridine rings is 1. The minimum absolute atomic E-state index is 0.190. The highest BCUT2D eigenvalue weighted by molar-refractivity contribution is 6.03. The van der Waals surface area contributed by atoms with E-state index in [9.17, 15) is 4.79 Å². The predicted octanol–water partition coefficient (Wildman–Crippen LogP) is -0.00660. The third-order valence-corrected chi connectivity index (χ3v) is 4.55. The van der Waals surface area contributed by atoms with Gasteiger partial charge >= 0.3 is 0 Å². The van der Waals surface area contributed by atoms with Crippen LogP contribution in [0.25, 0.3) is 22.3 Å². The fraction of sp³-hybridized carbons (Fsp3) is 0.250. The molecule has 1 amide bonds. The number of anilines is 2. The molecule has 9 nitrogen and oxygen atoms in total. The van der Waals surface area contributed by atoms with Gasteiger partial charge in [-0.15, -0.1) is 0 Å². The molecule has 0 spiro atoms. The Kier molecular flexibility index (Phi) is 3.50. The van der Waals surface area contributed by atoms with Gasteiger partial charge < -0.3 is 27.1 Å². The van der Waals surface area contributed by atoms with Gasteiger partial charge in [0.2, 0.25) is 11.9 Å². The maximum atomic E-state index is 11.9. The van der Waals surface area contributed by atoms with Crippen LogP contribution >= 0.6 is 0 Å². The summed E-state index contributed by atoms with van der Waals surface area (Å²) in [6.45, 7) is 0.643. The minimum atomic E-state index is -0.552. The van der Waals surface area contributed by atoms with Crippen LogP contribution in [-0.4, -0.2) is 44.5 Å². The third-order valence-electron chi connectivity index (χ3n) is 4.55. The second-order valence-corrected chi connectivity index (χ2v) is 6.05. The first-order chi connectivity index (χ1) is 12.1. The number of carbonyl (C=O) groups excluding carboxylic acids is 1. The molecule has 3 aromatic heterocycles. The number of aromatic nitrogens is 4. The molecular formula is C16H18N8O. The lowest BCUT2D eigenvalue weighted by molar-refractivity contribution is -0.119. The number of primary amides is 1. The Morgan fingerprint density at radius 3 is 2.84 bits per heavy atom. The number of H-pyrrole nitrogens is 1. The first-order valence-electron chi connectivity index (χ1n) is 7.93. The largest absolute Gasteiger partial charge is 0.368 e. The Balaban J connectivity index is 1.91. The summed E-state index contributed by atoms with van der Waals surface area (Å²) in [5.41, 5.74) is 20.4. The highest BCUT2D eigenvalue weighted by Crippen LogP contribution is 2.36. The zero-order valence-corrected chi connectivity index (χ0v) is 13.4. The number of nitrogen functional groups attached to an aromatic ring is 1. The first kappa shape index (κ1) is 15.3. The van der Waals surface area contributed by atoms with Crippen molar-refractivity contribution in [2.24, 2.45) is 11.5 Å². The molecule has 1 saturated heterocycles. The molecule has 0 radical (unpaired) electrons. The molecule has 25 heavy (non-hydrogen) atoms. The third kappa shape index (κ3) is 2.45. The second kappa shape index (κ2) is 5.71. The van der Waals surface area contributed by atoms with Crippen LogP contribution in [0.5, 0.6) is 0 Å². The SMILES string of the molecule is NC(=O)[C@@H]1C(N)CCN1c1ccnc2[nH]cc(-c3ccnc(N)n3)c12. The lowest BCUT2D eigenvalue weighted by atomic mass is 10.1. The van der Waals surface area contributed by atoms with Crippen LogP contribution in [-0.2, 0) is 4.79 Å². The van der Waals surface area contributed by atoms with Gasteiger partial charge in [-0.05, 0) is 18.6 Å². The Hall–Kier alpha value is -3.20. The summed E-state index contributed by atoms with van der Waals surface area (Å²) in [4.78, 5) is 29.6. The van der Waals surface area contributed by atoms with Crippen LogP contribution < -0.4 is 22.1 Å². The number of hydrogen-bond donors (Lipinski definition) is 4. The van der Waals surface area contributed by atoms with Crippen molar-refractivity contribution < 1.29 is 4.79 Å². The summed E-state index contributed by atoms with van der Waals surface area (Å²) in [5, 5.41) is 0.848. The molecule has 1 unspecified atom stereocenters. The smallest absolute Gasteiger partial charge is 0.241 e. The van der Waals surface area contributed by atoms with E-state index in [0.717, 1.165) is 16.6 Å². The second-order valence-electron chi connectivity index (χ2n) is 6.05. The molecule has 3 aromatic rings. The summed E-state index contributed by atoms with van der Waals surface area (Å²) in [5.74, 6) is -0.242. The molecule has 0 aromatic carbocycles. The standard InChI is InChI=1S/C16H18N8O/c17-9-3-6-24(13(9)14(18)25)11-2-5-20-15-12(11)8(7-22-15)10-1-4-21-16(19)23-10/h1-2,4-5,7,9,13H,3,6,17H2,(H2,18,25)(H,20,22)(H2,19,21,23)/t9?,13-/m0/s1. The monoisotopic (exact) mass is 338 g/mol. The van der Waals surface area contributed by atoms with Gasteiger partial charge in [0, 0.05) is 36.7 Å². The minimum Gasteiger partial charge on any atom is -0.368 e. The van der Waals surface area contributed by atoms with E-state index in [-0.39, 0.29) is 12.0 Å². The van der Waals surface area contributed by atoms with Crippen LogP contribution in [0.1, 0.15) is 6.42 Å². The van der Waals surface area contributed by atoms with E-state index in [1.54, 1.807) is 18.5 Å². The summed E-state index contributed by atoms with van der Waals surface area (Å²) < 4.78 is 0. The molecule has 0 saturated carbocycles. The number of carbonyl (C=O) groups is 1. The van der Waals surface area contributed by atoms with Crippen LogP contribution in [0.2, 0.25) is 0 Å². The van der Waals surface area contributed by atoms with Crippen molar-refractivity contribution in [1.29, 1.82) is 0 Å². The van der Waals surface area contributed by atoms with Crippen molar-refractivity contribution in [3.05, 3.63) is 30.7 Å². The average molecular weight is 338 g/mol. The van der Waals surface area contributed by atoms with Crippen LogP contribution in [0.4, 0.5) is 11.6 Å². The number of hydrogen-bond acceptors (Lipinski definition) is 7. The zero-order chi connectivity index (χ0) is 17.6. The van der Waals surface area contributed by atoms with E-state index >= 15 is 0 Å². The molecule has 128 valence electrons. The van der Waals surface area contributed by atoms with E-state index in [4.69, 9.17) is 17.2 Å². The van der Waals surface area contributed by atoms with E-state index < -0.39 is 11.9 Å². The van der Waals surface area contributed by atoms with Gasteiger partial charge in [0.1, 0.15) is 11.7 Å². The van der Waals surface area contributed by atoms with Gasteiger partial charge in [-0.25, -0.2) is 15.0 Å². The normalized spacial score (nSPS) is 20.3. The lowest BCUT2D eigenvalue weighted by Crippen LogP contribution is -2.49. The molecule has 9 heteroatoms. The Morgan fingerprint density at radius 1 is 1.28 bits per heavy atom. The fourth-order valence-electron chi connectivity index (χ4n) is 3.46. The molecule has 4 rings (SSSR count). The average Bonchev–Trinajstić information content (AvgIpc) is 3.18. The van der Waals surface area contributed by atoms with Crippen molar-refractivity contribution in [3.8, 4) is 11.3 Å². The van der Waals surface area contributed by atoms with Gasteiger partial charge in [0.25, 0.3) is 0 Å². The molecule has 7 N–H and O–H groups in total. The number of nitrogens with zero attached hydrogens (tertiary/aromatic N) is 4. The molecule has 1 aliphatic rings. The zero-order valence-electron chi connectivity index (χ0n) is 13.4. The maximum Gasteiger partial charge on any atom is 0.241 e. The Bertz CT molecular complexity index is 952. The van der Waals surface area contributed by atoms with Crippen molar-refractivity contribution in [3.63, 3.8) is 0 Å². The number of fused-ring (bicyclic) bond motifs is 1. The molecule has 2 atom stereocenters. The number of rotatable bonds is 3. The van der Waals surface area contributed by atoms with Gasteiger partial charge in [-0.3, -0.25) is 4.79 Å². The Morgan fingerprint density at radius 2 is 2.08 bits per heavy atom. The molecule has 0 aliphatic carbocycles. The number of aromatic amines is 1. The molecular weight excluding hydrogens is 320 g/mol. The molecule has 4 heterocycles. The predicted molar refractivity (Wildman–Crippen MR) is 94.5 cm³/mol. The highest BCUT2D eigenvalue weighted by Gasteiger charge is 2.37. The van der Waals surface area contributed by atoms with Crippen molar-refractivity contribution in [2.45, 2.75) is 18.5 Å². The van der Waals surface area contributed by atoms with Crippen molar-refractivity contribution in [2.75, 3.05) is 17.2 Å². The number of nitrogens with one attached hydrogen (secondary N) is 1. The van der Waals surface area contributed by atoms with Gasteiger partial charge in [-0.2, -0.15) is 0 Å². The fourth-order valence-corrected chi connectivity index (χ4v) is 3.46. The maximum absolute atomic E-state index is 11.9. The van der Waals surface area contributed by atoms with Gasteiger partial charge in [0.05, 0.1) is 16.8 Å². The topological polar surface area (TPSA) is 153 Å². The van der Waals surface area contributed by atoms with E-state index in [1.165, 1.54) is 0 Å². The summed E-state index contributed by atoms with van der Waals surface area (Å²) in [6, 6.07) is 2.79. The van der Waals surface area contributed by atoms with Gasteiger partial charge in [-0.1, -0.05) is 0 Å². The van der Waals surface area contributed by atoms with E-state index in [1.807, 2.05) is 17.2 Å². The summed E-state index contributed by atoms with van der Waals surface area (Å²) >= 11 is 0. The molecule has 1 fully saturated rings. The quantitative estimate of drug-likeness (QED) is 0.524.